The van der Waals surface area contributed by atoms with Gasteiger partial charge in [0, 0.05) is 5.56 Å². The molecule has 0 aliphatic heterocycles. The van der Waals surface area contributed by atoms with Crippen molar-refractivity contribution in [2.24, 2.45) is 10.3 Å². The van der Waals surface area contributed by atoms with Gasteiger partial charge in [-0.1, -0.05) is 65.9 Å². The fraction of sp³-hybridized carbons (Fsp3) is 0. The van der Waals surface area contributed by atoms with Gasteiger partial charge in [0.1, 0.15) is 0 Å². The zero-order chi connectivity index (χ0) is 20.3. The van der Waals surface area contributed by atoms with Crippen molar-refractivity contribution in [3.05, 3.63) is 91.0 Å². The number of rotatable bonds is 5. The van der Waals surface area contributed by atoms with Gasteiger partial charge in [0.05, 0.1) is 16.3 Å². The van der Waals surface area contributed by atoms with E-state index >= 15 is 0 Å². The first-order valence-electron chi connectivity index (χ1n) is 8.84. The SMILES string of the molecule is O=S(=O)(O)c1ccc(N=NNc2ccccc2)c(-c2cccc3ccccc23)c1. The standard InChI is InChI=1S/C22H17N3O3S/c26-29(27,28)18-13-14-22(24-25-23-17-9-2-1-3-10-17)21(15-18)20-12-6-8-16-7-4-5-11-19(16)20/h1-15H,(H,23,24)(H,26,27,28). The second kappa shape index (κ2) is 7.83. The summed E-state index contributed by atoms with van der Waals surface area (Å²) in [5, 5.41) is 10.2. The molecular formula is C22H17N3O3S. The molecule has 4 aromatic carbocycles. The van der Waals surface area contributed by atoms with E-state index in [0.29, 0.717) is 11.3 Å². The van der Waals surface area contributed by atoms with E-state index in [1.165, 1.54) is 18.2 Å². The van der Waals surface area contributed by atoms with E-state index in [1.54, 1.807) is 0 Å². The van der Waals surface area contributed by atoms with E-state index in [1.807, 2.05) is 72.8 Å². The van der Waals surface area contributed by atoms with Gasteiger partial charge in [0.15, 0.2) is 0 Å². The molecule has 0 unspecified atom stereocenters. The molecule has 144 valence electrons. The summed E-state index contributed by atoms with van der Waals surface area (Å²) in [5.41, 5.74) is 5.43. The normalized spacial score (nSPS) is 11.8. The fourth-order valence-corrected chi connectivity index (χ4v) is 3.59. The Morgan fingerprint density at radius 2 is 1.48 bits per heavy atom. The van der Waals surface area contributed by atoms with Crippen LogP contribution in [-0.2, 0) is 10.1 Å². The molecule has 7 heteroatoms. The first-order valence-corrected chi connectivity index (χ1v) is 10.3. The van der Waals surface area contributed by atoms with E-state index in [4.69, 9.17) is 0 Å². The highest BCUT2D eigenvalue weighted by atomic mass is 32.2. The first-order chi connectivity index (χ1) is 14.0. The minimum Gasteiger partial charge on any atom is -0.282 e. The Labute approximate surface area is 168 Å². The van der Waals surface area contributed by atoms with Crippen molar-refractivity contribution in [2.45, 2.75) is 4.90 Å². The third-order valence-corrected chi connectivity index (χ3v) is 5.31. The van der Waals surface area contributed by atoms with Gasteiger partial charge in [-0.05, 0) is 46.7 Å². The molecule has 0 aliphatic carbocycles. The smallest absolute Gasteiger partial charge is 0.282 e. The number of hydrogen-bond donors (Lipinski definition) is 2. The molecule has 0 aliphatic rings. The van der Waals surface area contributed by atoms with Crippen molar-refractivity contribution >= 4 is 32.3 Å². The monoisotopic (exact) mass is 403 g/mol. The van der Waals surface area contributed by atoms with Gasteiger partial charge in [-0.25, -0.2) is 0 Å². The van der Waals surface area contributed by atoms with Crippen molar-refractivity contribution in [1.29, 1.82) is 0 Å². The quantitative estimate of drug-likeness (QED) is 0.248. The second-order valence-corrected chi connectivity index (χ2v) is 7.78. The number of anilines is 1. The molecule has 4 aromatic rings. The topological polar surface area (TPSA) is 91.1 Å². The summed E-state index contributed by atoms with van der Waals surface area (Å²) < 4.78 is 32.9. The summed E-state index contributed by atoms with van der Waals surface area (Å²) in [6, 6.07) is 27.1. The molecular weight excluding hydrogens is 386 g/mol. The molecule has 0 heterocycles. The van der Waals surface area contributed by atoms with Crippen molar-refractivity contribution < 1.29 is 13.0 Å². The van der Waals surface area contributed by atoms with Gasteiger partial charge < -0.3 is 0 Å². The molecule has 6 nitrogen and oxygen atoms in total. The molecule has 0 aromatic heterocycles. The summed E-state index contributed by atoms with van der Waals surface area (Å²) in [6.07, 6.45) is 0. The molecule has 0 saturated heterocycles. The van der Waals surface area contributed by atoms with Gasteiger partial charge in [-0.15, -0.1) is 5.11 Å². The Morgan fingerprint density at radius 3 is 2.28 bits per heavy atom. The van der Waals surface area contributed by atoms with Gasteiger partial charge in [-0.2, -0.15) is 8.42 Å². The number of nitrogens with one attached hydrogen (secondary N) is 1. The molecule has 29 heavy (non-hydrogen) atoms. The Kier molecular flexibility index (Phi) is 5.07. The Morgan fingerprint density at radius 1 is 0.759 bits per heavy atom. The van der Waals surface area contributed by atoms with Crippen LogP contribution in [0.5, 0.6) is 0 Å². The lowest BCUT2D eigenvalue weighted by molar-refractivity contribution is 0.483. The molecule has 0 bridgehead atoms. The molecule has 0 amide bonds. The molecule has 4 rings (SSSR count). The predicted molar refractivity (Wildman–Crippen MR) is 114 cm³/mol. The first kappa shape index (κ1) is 18.8. The molecule has 0 atom stereocenters. The van der Waals surface area contributed by atoms with E-state index in [0.717, 1.165) is 22.0 Å². The maximum Gasteiger partial charge on any atom is 0.294 e. The van der Waals surface area contributed by atoms with Crippen LogP contribution in [-0.4, -0.2) is 13.0 Å². The molecule has 0 spiro atoms. The van der Waals surface area contributed by atoms with Crippen LogP contribution in [0.3, 0.4) is 0 Å². The average Bonchev–Trinajstić information content (AvgIpc) is 2.73. The lowest BCUT2D eigenvalue weighted by atomic mass is 9.97. The maximum absolute atomic E-state index is 11.7. The van der Waals surface area contributed by atoms with Gasteiger partial charge >= 0.3 is 0 Å². The van der Waals surface area contributed by atoms with Crippen molar-refractivity contribution in [3.8, 4) is 11.1 Å². The zero-order valence-corrected chi connectivity index (χ0v) is 16.0. The summed E-state index contributed by atoms with van der Waals surface area (Å²) in [4.78, 5) is -0.199. The van der Waals surface area contributed by atoms with Crippen molar-refractivity contribution in [2.75, 3.05) is 5.43 Å². The molecule has 0 saturated carbocycles. The highest BCUT2D eigenvalue weighted by Crippen LogP contribution is 2.37. The maximum atomic E-state index is 11.7. The van der Waals surface area contributed by atoms with Gasteiger partial charge in [0.2, 0.25) is 0 Å². The Hall–Kier alpha value is -3.55. The van der Waals surface area contributed by atoms with Crippen LogP contribution in [0.15, 0.2) is 106 Å². The van der Waals surface area contributed by atoms with Crippen LogP contribution in [0.2, 0.25) is 0 Å². The summed E-state index contributed by atoms with van der Waals surface area (Å²) in [7, 11) is -4.35. The number of nitrogens with zero attached hydrogens (tertiary/aromatic N) is 2. The average molecular weight is 403 g/mol. The van der Waals surface area contributed by atoms with Gasteiger partial charge in [-0.3, -0.25) is 9.98 Å². The van der Waals surface area contributed by atoms with E-state index < -0.39 is 10.1 Å². The molecule has 0 radical (unpaired) electrons. The Bertz CT molecular complexity index is 1300. The van der Waals surface area contributed by atoms with Crippen molar-refractivity contribution in [1.82, 2.24) is 0 Å². The van der Waals surface area contributed by atoms with Crippen LogP contribution >= 0.6 is 0 Å². The molecule has 0 fully saturated rings. The second-order valence-electron chi connectivity index (χ2n) is 6.36. The third-order valence-electron chi connectivity index (χ3n) is 4.46. The highest BCUT2D eigenvalue weighted by molar-refractivity contribution is 7.85. The summed E-state index contributed by atoms with van der Waals surface area (Å²) >= 11 is 0. The van der Waals surface area contributed by atoms with Crippen LogP contribution < -0.4 is 5.43 Å². The van der Waals surface area contributed by atoms with E-state index in [9.17, 15) is 13.0 Å². The lowest BCUT2D eigenvalue weighted by Gasteiger charge is -2.11. The van der Waals surface area contributed by atoms with E-state index in [-0.39, 0.29) is 4.90 Å². The largest absolute Gasteiger partial charge is 0.294 e. The number of hydrogen-bond acceptors (Lipinski definition) is 4. The van der Waals surface area contributed by atoms with Gasteiger partial charge in [0.25, 0.3) is 10.1 Å². The number of fused-ring (bicyclic) bond motifs is 1. The predicted octanol–water partition coefficient (Wildman–Crippen LogP) is 5.86. The zero-order valence-electron chi connectivity index (χ0n) is 15.2. The lowest BCUT2D eigenvalue weighted by Crippen LogP contribution is -1.98. The Balaban J connectivity index is 1.83. The third kappa shape index (κ3) is 4.16. The van der Waals surface area contributed by atoms with Crippen LogP contribution in [0, 0.1) is 0 Å². The summed E-state index contributed by atoms with van der Waals surface area (Å²) in [6.45, 7) is 0. The van der Waals surface area contributed by atoms with E-state index in [2.05, 4.69) is 15.8 Å². The van der Waals surface area contributed by atoms with Crippen LogP contribution in [0.4, 0.5) is 11.4 Å². The minimum absolute atomic E-state index is 0.199. The highest BCUT2D eigenvalue weighted by Gasteiger charge is 2.15. The van der Waals surface area contributed by atoms with Crippen LogP contribution in [0.25, 0.3) is 21.9 Å². The van der Waals surface area contributed by atoms with Crippen molar-refractivity contribution in [3.63, 3.8) is 0 Å². The molecule has 2 N–H and O–H groups in total. The fourth-order valence-electron chi connectivity index (χ4n) is 3.09. The van der Waals surface area contributed by atoms with Crippen LogP contribution in [0.1, 0.15) is 0 Å². The number of para-hydroxylation sites is 1. The number of benzene rings is 4. The minimum atomic E-state index is -4.35. The summed E-state index contributed by atoms with van der Waals surface area (Å²) in [5.74, 6) is 0.